The molecule has 0 saturated heterocycles. The zero-order chi connectivity index (χ0) is 13.3. The van der Waals surface area contributed by atoms with Gasteiger partial charge in [0.25, 0.3) is 0 Å². The summed E-state index contributed by atoms with van der Waals surface area (Å²) in [5.41, 5.74) is 0.970. The van der Waals surface area contributed by atoms with Crippen molar-refractivity contribution in [3.05, 3.63) is 29.3 Å². The van der Waals surface area contributed by atoms with Crippen LogP contribution < -0.4 is 4.74 Å². The average Bonchev–Trinajstić information content (AvgIpc) is 2.61. The third-order valence-electron chi connectivity index (χ3n) is 2.69. The number of hydrogen-bond donors (Lipinski definition) is 0. The first kappa shape index (κ1) is 14.2. The third-order valence-corrected chi connectivity index (χ3v) is 4.52. The van der Waals surface area contributed by atoms with Gasteiger partial charge in [0.05, 0.1) is 10.9 Å². The first-order valence-electron chi connectivity index (χ1n) is 5.24. The van der Waals surface area contributed by atoms with Crippen LogP contribution in [0, 0.1) is 0 Å². The smallest absolute Gasteiger partial charge is 0.226 e. The molecule has 1 aromatic rings. The Balaban J connectivity index is 2.39. The molecule has 0 bridgehead atoms. The van der Waals surface area contributed by atoms with Gasteiger partial charge in [0, 0.05) is 17.3 Å². The first-order chi connectivity index (χ1) is 8.51. The molecule has 1 aliphatic rings. The molecule has 0 spiro atoms. The van der Waals surface area contributed by atoms with E-state index >= 15 is 0 Å². The second-order valence-electron chi connectivity index (χ2n) is 3.87. The van der Waals surface area contributed by atoms with Gasteiger partial charge in [-0.05, 0) is 34.1 Å². The number of ketones is 2. The Labute approximate surface area is 130 Å². The second-order valence-corrected chi connectivity index (χ2v) is 6.50. The zero-order valence-electron chi connectivity index (χ0n) is 9.21. The fraction of sp³-hybridized carbons (Fsp3) is 0.333. The van der Waals surface area contributed by atoms with Crippen LogP contribution in [0.25, 0.3) is 0 Å². The molecule has 0 aliphatic carbocycles. The maximum atomic E-state index is 12.3. The Morgan fingerprint density at radius 3 is 2.67 bits per heavy atom. The molecule has 0 fully saturated rings. The van der Waals surface area contributed by atoms with Crippen LogP contribution >= 0.6 is 47.8 Å². The molecule has 0 N–H and O–H groups in total. The minimum absolute atomic E-state index is 0.0573. The van der Waals surface area contributed by atoms with Crippen LogP contribution in [-0.2, 0) is 0 Å². The molecule has 96 valence electrons. The summed E-state index contributed by atoms with van der Waals surface area (Å²) in [6.07, 6.45) is 0.516. The topological polar surface area (TPSA) is 43.4 Å². The summed E-state index contributed by atoms with van der Waals surface area (Å²) in [6, 6.07) is 4.93. The molecule has 1 aliphatic heterocycles. The number of carbonyl (C=O) groups is 2. The number of halogens is 3. The summed E-state index contributed by atoms with van der Waals surface area (Å²) in [6.45, 7) is 0. The minimum Gasteiger partial charge on any atom is -0.467 e. The highest BCUT2D eigenvalue weighted by Crippen LogP contribution is 2.41. The molecule has 1 unspecified atom stereocenters. The van der Waals surface area contributed by atoms with E-state index in [2.05, 4.69) is 47.8 Å². The summed E-state index contributed by atoms with van der Waals surface area (Å²) in [7, 11) is 0. The number of fused-ring (bicyclic) bond motifs is 1. The van der Waals surface area contributed by atoms with Crippen molar-refractivity contribution in [3.63, 3.8) is 0 Å². The van der Waals surface area contributed by atoms with Gasteiger partial charge in [-0.15, -0.1) is 0 Å². The van der Waals surface area contributed by atoms with Crippen LogP contribution in [0.2, 0.25) is 0 Å². The maximum Gasteiger partial charge on any atom is 0.226 e. The molecule has 18 heavy (non-hydrogen) atoms. The summed E-state index contributed by atoms with van der Waals surface area (Å²) in [5, 5.41) is 0.882. The lowest BCUT2D eigenvalue weighted by atomic mass is 10.0. The minimum atomic E-state index is -1.01. The van der Waals surface area contributed by atoms with Crippen LogP contribution in [0.5, 0.6) is 5.75 Å². The van der Waals surface area contributed by atoms with Crippen molar-refractivity contribution in [1.29, 1.82) is 0 Å². The van der Waals surface area contributed by atoms with Gasteiger partial charge in [-0.1, -0.05) is 31.9 Å². The van der Waals surface area contributed by atoms with Crippen LogP contribution in [0.15, 0.2) is 18.2 Å². The number of hydrogen-bond acceptors (Lipinski definition) is 3. The number of ether oxygens (including phenoxy) is 1. The summed E-state index contributed by atoms with van der Waals surface area (Å²) in [4.78, 5) is 23.8. The SMILES string of the molecule is O=C(CBr)c1ccc2c(c1)C(=O)C(Br)(CCBr)O2. The van der Waals surface area contributed by atoms with Gasteiger partial charge >= 0.3 is 0 Å². The molecule has 2 rings (SSSR count). The number of Topliss-reactive ketones (excluding diaryl/α,β-unsaturated/α-hetero) is 2. The summed E-state index contributed by atoms with van der Waals surface area (Å²) < 4.78 is 4.62. The van der Waals surface area contributed by atoms with E-state index in [4.69, 9.17) is 4.74 Å². The molecule has 0 aromatic heterocycles. The predicted molar refractivity (Wildman–Crippen MR) is 79.6 cm³/mol. The lowest BCUT2D eigenvalue weighted by Gasteiger charge is -2.18. The molecule has 1 heterocycles. The summed E-state index contributed by atoms with van der Waals surface area (Å²) >= 11 is 9.74. The van der Waals surface area contributed by atoms with Crippen molar-refractivity contribution in [2.24, 2.45) is 0 Å². The molecule has 0 amide bonds. The molecule has 1 aromatic carbocycles. The van der Waals surface area contributed by atoms with E-state index in [0.29, 0.717) is 28.6 Å². The van der Waals surface area contributed by atoms with Crippen molar-refractivity contribution in [1.82, 2.24) is 0 Å². The van der Waals surface area contributed by atoms with E-state index < -0.39 is 4.51 Å². The Kier molecular flexibility index (Phi) is 4.29. The highest BCUT2D eigenvalue weighted by Gasteiger charge is 2.45. The zero-order valence-corrected chi connectivity index (χ0v) is 14.0. The van der Waals surface area contributed by atoms with Gasteiger partial charge in [-0.2, -0.15) is 0 Å². The molecule has 6 heteroatoms. The number of rotatable bonds is 4. The van der Waals surface area contributed by atoms with Gasteiger partial charge in [-0.25, -0.2) is 0 Å². The number of alkyl halides is 3. The first-order valence-corrected chi connectivity index (χ1v) is 8.27. The van der Waals surface area contributed by atoms with E-state index in [9.17, 15) is 9.59 Å². The Hall–Kier alpha value is -0.200. The van der Waals surface area contributed by atoms with E-state index in [1.807, 2.05) is 0 Å². The normalized spacial score (nSPS) is 21.6. The largest absolute Gasteiger partial charge is 0.467 e. The Morgan fingerprint density at radius 1 is 1.33 bits per heavy atom. The second kappa shape index (κ2) is 5.43. The van der Waals surface area contributed by atoms with Gasteiger partial charge in [0.2, 0.25) is 10.3 Å². The van der Waals surface area contributed by atoms with E-state index in [1.165, 1.54) is 0 Å². The molecule has 1 atom stereocenters. The van der Waals surface area contributed by atoms with Crippen LogP contribution in [0.3, 0.4) is 0 Å². The molecular formula is C12H9Br3O3. The van der Waals surface area contributed by atoms with Crippen LogP contribution in [0.4, 0.5) is 0 Å². The Bertz CT molecular complexity index is 515. The van der Waals surface area contributed by atoms with Crippen molar-refractivity contribution >= 4 is 59.4 Å². The molecule has 0 saturated carbocycles. The van der Waals surface area contributed by atoms with Gasteiger partial charge in [0.15, 0.2) is 5.78 Å². The van der Waals surface area contributed by atoms with Crippen molar-refractivity contribution < 1.29 is 14.3 Å². The van der Waals surface area contributed by atoms with Gasteiger partial charge in [0.1, 0.15) is 5.75 Å². The van der Waals surface area contributed by atoms with Crippen LogP contribution in [-0.4, -0.2) is 26.7 Å². The lowest BCUT2D eigenvalue weighted by molar-refractivity contribution is 0.0812. The van der Waals surface area contributed by atoms with E-state index in [1.54, 1.807) is 18.2 Å². The fourth-order valence-corrected chi connectivity index (χ4v) is 3.76. The predicted octanol–water partition coefficient (Wildman–Crippen LogP) is 3.72. The highest BCUT2D eigenvalue weighted by atomic mass is 79.9. The molecule has 0 radical (unpaired) electrons. The van der Waals surface area contributed by atoms with Gasteiger partial charge < -0.3 is 4.74 Å². The highest BCUT2D eigenvalue weighted by molar-refractivity contribution is 9.10. The molecular weight excluding hydrogens is 432 g/mol. The van der Waals surface area contributed by atoms with Crippen LogP contribution in [0.1, 0.15) is 27.1 Å². The van der Waals surface area contributed by atoms with E-state index in [0.717, 1.165) is 0 Å². The maximum absolute atomic E-state index is 12.3. The summed E-state index contributed by atoms with van der Waals surface area (Å²) in [5.74, 6) is 0.322. The Morgan fingerprint density at radius 2 is 2.06 bits per heavy atom. The average molecular weight is 441 g/mol. The van der Waals surface area contributed by atoms with Crippen molar-refractivity contribution in [3.8, 4) is 5.75 Å². The van der Waals surface area contributed by atoms with Crippen molar-refractivity contribution in [2.75, 3.05) is 10.7 Å². The van der Waals surface area contributed by atoms with E-state index in [-0.39, 0.29) is 16.9 Å². The monoisotopic (exact) mass is 438 g/mol. The number of carbonyl (C=O) groups excluding carboxylic acids is 2. The van der Waals surface area contributed by atoms with Gasteiger partial charge in [-0.3, -0.25) is 9.59 Å². The lowest BCUT2D eigenvalue weighted by Crippen LogP contribution is -2.33. The number of benzene rings is 1. The third kappa shape index (κ3) is 2.42. The quantitative estimate of drug-likeness (QED) is 0.529. The van der Waals surface area contributed by atoms with Crippen molar-refractivity contribution in [2.45, 2.75) is 10.9 Å². The molecule has 3 nitrogen and oxygen atoms in total. The fourth-order valence-electron chi connectivity index (χ4n) is 1.75. The standard InChI is InChI=1S/C12H9Br3O3/c13-4-3-12(15)11(17)8-5-7(9(16)6-14)1-2-10(8)18-12/h1-2,5H,3-4,6H2.